The van der Waals surface area contributed by atoms with Gasteiger partial charge in [0.05, 0.1) is 5.25 Å². The normalized spacial score (nSPS) is 12.1. The molecule has 0 saturated heterocycles. The highest BCUT2D eigenvalue weighted by atomic mass is 32.2. The summed E-state index contributed by atoms with van der Waals surface area (Å²) in [5.74, 6) is 0.854. The minimum Gasteiger partial charge on any atom is -0.399 e. The van der Waals surface area contributed by atoms with E-state index in [2.05, 4.69) is 22.4 Å². The van der Waals surface area contributed by atoms with Gasteiger partial charge >= 0.3 is 0 Å². The van der Waals surface area contributed by atoms with E-state index in [0.29, 0.717) is 10.8 Å². The Bertz CT molecular complexity index is 600. The van der Waals surface area contributed by atoms with Crippen molar-refractivity contribution < 1.29 is 4.79 Å². The van der Waals surface area contributed by atoms with Crippen LogP contribution in [0, 0.1) is 0 Å². The molecule has 0 aliphatic carbocycles. The number of nitrogen functional groups attached to an aromatic ring is 1. The third-order valence-corrected chi connectivity index (χ3v) is 5.43. The van der Waals surface area contributed by atoms with Crippen molar-refractivity contribution in [2.75, 3.05) is 16.8 Å². The molecule has 0 spiro atoms. The van der Waals surface area contributed by atoms with E-state index in [1.54, 1.807) is 11.8 Å². The van der Waals surface area contributed by atoms with Gasteiger partial charge in [-0.2, -0.15) is 0 Å². The molecule has 0 radical (unpaired) electrons. The first-order chi connectivity index (χ1) is 10.1. The number of hydrogen-bond donors (Lipinski definition) is 2. The molecule has 1 aromatic heterocycles. The molecule has 2 rings (SSSR count). The van der Waals surface area contributed by atoms with Crippen LogP contribution < -0.4 is 11.1 Å². The topological polar surface area (TPSA) is 80.9 Å². The molecule has 2 aromatic rings. The van der Waals surface area contributed by atoms with Gasteiger partial charge in [-0.15, -0.1) is 22.0 Å². The maximum Gasteiger partial charge on any atom is 0.239 e. The molecule has 0 saturated carbocycles. The van der Waals surface area contributed by atoms with Crippen molar-refractivity contribution in [2.24, 2.45) is 0 Å². The number of nitrogens with one attached hydrogen (secondary N) is 1. The summed E-state index contributed by atoms with van der Waals surface area (Å²) in [6.45, 7) is 3.91. The Hall–Kier alpha value is -1.25. The van der Waals surface area contributed by atoms with Gasteiger partial charge in [-0.25, -0.2) is 0 Å². The van der Waals surface area contributed by atoms with E-state index in [1.807, 2.05) is 31.2 Å². The maximum atomic E-state index is 12.1. The van der Waals surface area contributed by atoms with Crippen LogP contribution in [0.5, 0.6) is 0 Å². The molecule has 0 bridgehead atoms. The first-order valence-corrected chi connectivity index (χ1v) is 9.06. The van der Waals surface area contributed by atoms with Crippen LogP contribution in [-0.4, -0.2) is 27.1 Å². The van der Waals surface area contributed by atoms with Gasteiger partial charge in [0.1, 0.15) is 0 Å². The summed E-state index contributed by atoms with van der Waals surface area (Å²) >= 11 is 4.49. The largest absolute Gasteiger partial charge is 0.399 e. The highest BCUT2D eigenvalue weighted by Crippen LogP contribution is 2.27. The average molecular weight is 340 g/mol. The third kappa shape index (κ3) is 4.90. The molecule has 1 amide bonds. The van der Waals surface area contributed by atoms with Crippen molar-refractivity contribution in [3.63, 3.8) is 0 Å². The summed E-state index contributed by atoms with van der Waals surface area (Å²) in [4.78, 5) is 13.1. The zero-order valence-electron chi connectivity index (χ0n) is 11.7. The summed E-state index contributed by atoms with van der Waals surface area (Å²) in [5, 5.41) is 11.1. The molecule has 3 N–H and O–H groups in total. The van der Waals surface area contributed by atoms with Gasteiger partial charge in [-0.1, -0.05) is 30.0 Å². The SMILES string of the molecule is CCSc1nnc(NC(=O)C(C)Sc2ccc(N)cc2)s1. The van der Waals surface area contributed by atoms with Crippen LogP contribution in [0.2, 0.25) is 0 Å². The lowest BCUT2D eigenvalue weighted by Crippen LogP contribution is -2.22. The Morgan fingerprint density at radius 3 is 2.76 bits per heavy atom. The zero-order chi connectivity index (χ0) is 15.2. The standard InChI is InChI=1S/C13H16N4OS3/c1-3-19-13-17-16-12(21-13)15-11(18)8(2)20-10-6-4-9(14)5-7-10/h4-8H,3,14H2,1-2H3,(H,15,16,18). The Morgan fingerprint density at radius 1 is 1.38 bits per heavy atom. The Morgan fingerprint density at radius 2 is 2.10 bits per heavy atom. The molecule has 1 unspecified atom stereocenters. The number of anilines is 2. The van der Waals surface area contributed by atoms with E-state index in [4.69, 9.17) is 5.73 Å². The quantitative estimate of drug-likeness (QED) is 0.477. The summed E-state index contributed by atoms with van der Waals surface area (Å²) in [6, 6.07) is 7.47. The molecule has 112 valence electrons. The van der Waals surface area contributed by atoms with Gasteiger partial charge in [0, 0.05) is 10.6 Å². The minimum absolute atomic E-state index is 0.0824. The van der Waals surface area contributed by atoms with Crippen molar-refractivity contribution in [2.45, 2.75) is 28.3 Å². The van der Waals surface area contributed by atoms with Crippen molar-refractivity contribution in [3.8, 4) is 0 Å². The predicted molar refractivity (Wildman–Crippen MR) is 91.1 cm³/mol. The second kappa shape index (κ2) is 7.67. The molecule has 1 atom stereocenters. The van der Waals surface area contributed by atoms with Gasteiger partial charge in [0.2, 0.25) is 11.0 Å². The molecule has 0 aliphatic rings. The van der Waals surface area contributed by atoms with Crippen molar-refractivity contribution in [1.82, 2.24) is 10.2 Å². The highest BCUT2D eigenvalue weighted by molar-refractivity contribution is 8.01. The smallest absolute Gasteiger partial charge is 0.239 e. The fourth-order valence-corrected chi connectivity index (χ4v) is 3.97. The first kappa shape index (κ1) is 16.1. The van der Waals surface area contributed by atoms with Crippen molar-refractivity contribution in [1.29, 1.82) is 0 Å². The molecular weight excluding hydrogens is 324 g/mol. The molecule has 21 heavy (non-hydrogen) atoms. The van der Waals surface area contributed by atoms with Crippen molar-refractivity contribution >= 4 is 51.6 Å². The summed E-state index contributed by atoms with van der Waals surface area (Å²) in [6.07, 6.45) is 0. The van der Waals surface area contributed by atoms with E-state index < -0.39 is 0 Å². The van der Waals surface area contributed by atoms with Crippen LogP contribution in [-0.2, 0) is 4.79 Å². The number of amides is 1. The number of carbonyl (C=O) groups excluding carboxylic acids is 1. The molecule has 0 aliphatic heterocycles. The summed E-state index contributed by atoms with van der Waals surface area (Å²) in [5.41, 5.74) is 6.36. The fraction of sp³-hybridized carbons (Fsp3) is 0.308. The van der Waals surface area contributed by atoms with Gasteiger partial charge < -0.3 is 5.73 Å². The van der Waals surface area contributed by atoms with E-state index >= 15 is 0 Å². The molecule has 1 heterocycles. The van der Waals surface area contributed by atoms with Crippen LogP contribution in [0.1, 0.15) is 13.8 Å². The third-order valence-electron chi connectivity index (χ3n) is 2.47. The predicted octanol–water partition coefficient (Wildman–Crippen LogP) is 3.35. The van der Waals surface area contributed by atoms with Crippen LogP contribution in [0.3, 0.4) is 0 Å². The molecule has 0 fully saturated rings. The molecule has 1 aromatic carbocycles. The lowest BCUT2D eigenvalue weighted by atomic mass is 10.3. The summed E-state index contributed by atoms with van der Waals surface area (Å²) < 4.78 is 0.867. The number of aromatic nitrogens is 2. The number of hydrogen-bond acceptors (Lipinski definition) is 7. The maximum absolute atomic E-state index is 12.1. The molecule has 8 heteroatoms. The lowest BCUT2D eigenvalue weighted by molar-refractivity contribution is -0.115. The van der Waals surface area contributed by atoms with Gasteiger partial charge in [0.25, 0.3) is 0 Å². The van der Waals surface area contributed by atoms with Crippen LogP contribution in [0.4, 0.5) is 10.8 Å². The summed E-state index contributed by atoms with van der Waals surface area (Å²) in [7, 11) is 0. The number of thioether (sulfide) groups is 2. The lowest BCUT2D eigenvalue weighted by Gasteiger charge is -2.10. The number of rotatable bonds is 6. The first-order valence-electron chi connectivity index (χ1n) is 6.38. The van der Waals surface area contributed by atoms with Crippen LogP contribution in [0.25, 0.3) is 0 Å². The van der Waals surface area contributed by atoms with E-state index in [0.717, 1.165) is 15.0 Å². The minimum atomic E-state index is -0.222. The second-order valence-corrected chi connectivity index (χ2v) is 8.03. The monoisotopic (exact) mass is 340 g/mol. The Kier molecular flexibility index (Phi) is 5.89. The van der Waals surface area contributed by atoms with Gasteiger partial charge in [-0.3, -0.25) is 10.1 Å². The fourth-order valence-electron chi connectivity index (χ4n) is 1.45. The van der Waals surface area contributed by atoms with Crippen LogP contribution in [0.15, 0.2) is 33.5 Å². The second-order valence-electron chi connectivity index (χ2n) is 4.12. The number of nitrogens with two attached hydrogens (primary N) is 1. The molecular formula is C13H16N4OS3. The zero-order valence-corrected chi connectivity index (χ0v) is 14.1. The van der Waals surface area contributed by atoms with Crippen LogP contribution >= 0.6 is 34.9 Å². The van der Waals surface area contributed by atoms with Crippen molar-refractivity contribution in [3.05, 3.63) is 24.3 Å². The van der Waals surface area contributed by atoms with E-state index in [-0.39, 0.29) is 11.2 Å². The van der Waals surface area contributed by atoms with Gasteiger partial charge in [-0.05, 0) is 36.9 Å². The Balaban J connectivity index is 1.90. The van der Waals surface area contributed by atoms with Gasteiger partial charge in [0.15, 0.2) is 4.34 Å². The Labute approximate surface area is 136 Å². The van der Waals surface area contributed by atoms with E-state index in [1.165, 1.54) is 23.1 Å². The number of nitrogens with zero attached hydrogens (tertiary/aromatic N) is 2. The number of benzene rings is 1. The number of carbonyl (C=O) groups is 1. The average Bonchev–Trinajstić information content (AvgIpc) is 2.89. The van der Waals surface area contributed by atoms with E-state index in [9.17, 15) is 4.79 Å². The highest BCUT2D eigenvalue weighted by Gasteiger charge is 2.16. The molecule has 5 nitrogen and oxygen atoms in total.